The molecule has 160 valence electrons. The van der Waals surface area contributed by atoms with Crippen LogP contribution in [0.3, 0.4) is 0 Å². The predicted molar refractivity (Wildman–Crippen MR) is 126 cm³/mol. The number of thioether (sulfide) groups is 1. The molecule has 2 unspecified atom stereocenters. The highest BCUT2D eigenvalue weighted by molar-refractivity contribution is 8.26. The number of nitriles is 1. The Morgan fingerprint density at radius 3 is 2.47 bits per heavy atom. The molecule has 2 aliphatic heterocycles. The first-order valence-corrected chi connectivity index (χ1v) is 11.6. The molecule has 8 heteroatoms. The van der Waals surface area contributed by atoms with Gasteiger partial charge in [-0.1, -0.05) is 44.8 Å². The van der Waals surface area contributed by atoms with Crippen LogP contribution in [0.25, 0.3) is 6.08 Å². The molecule has 0 saturated carbocycles. The van der Waals surface area contributed by atoms with E-state index in [2.05, 4.69) is 24.8 Å². The highest BCUT2D eigenvalue weighted by Crippen LogP contribution is 2.37. The molecule has 2 aliphatic rings. The maximum absolute atomic E-state index is 12.9. The van der Waals surface area contributed by atoms with E-state index in [9.17, 15) is 14.9 Å². The van der Waals surface area contributed by atoms with Crippen molar-refractivity contribution in [2.24, 2.45) is 18.9 Å². The fourth-order valence-corrected chi connectivity index (χ4v) is 5.77. The van der Waals surface area contributed by atoms with E-state index in [-0.39, 0.29) is 17.0 Å². The number of aromatic nitrogens is 1. The van der Waals surface area contributed by atoms with Crippen molar-refractivity contribution in [1.29, 1.82) is 5.26 Å². The van der Waals surface area contributed by atoms with E-state index >= 15 is 0 Å². The minimum atomic E-state index is -0.299. The lowest BCUT2D eigenvalue weighted by atomic mass is 9.91. The van der Waals surface area contributed by atoms with Gasteiger partial charge in [-0.3, -0.25) is 19.1 Å². The van der Waals surface area contributed by atoms with Crippen molar-refractivity contribution < 1.29 is 4.79 Å². The maximum atomic E-state index is 12.9. The molecule has 3 rings (SSSR count). The van der Waals surface area contributed by atoms with Gasteiger partial charge in [-0.05, 0) is 43.2 Å². The summed E-state index contributed by atoms with van der Waals surface area (Å²) in [5, 5.41) is 9.60. The normalized spacial score (nSPS) is 23.4. The molecular weight excluding hydrogens is 416 g/mol. The van der Waals surface area contributed by atoms with Gasteiger partial charge in [-0.2, -0.15) is 5.26 Å². The summed E-state index contributed by atoms with van der Waals surface area (Å²) >= 11 is 6.69. The summed E-state index contributed by atoms with van der Waals surface area (Å²) in [6.45, 7) is 10.5. The van der Waals surface area contributed by atoms with Crippen LogP contribution in [-0.4, -0.2) is 39.3 Å². The van der Waals surface area contributed by atoms with Crippen LogP contribution < -0.4 is 10.5 Å². The molecule has 1 amide bonds. The molecule has 0 spiro atoms. The number of amides is 1. The zero-order valence-corrected chi connectivity index (χ0v) is 19.8. The molecule has 1 aromatic rings. The number of nitrogens with zero attached hydrogens (tertiary/aromatic N) is 4. The minimum absolute atomic E-state index is 0.107. The second-order valence-electron chi connectivity index (χ2n) is 8.40. The molecule has 0 aromatic carbocycles. The summed E-state index contributed by atoms with van der Waals surface area (Å²) < 4.78 is 2.12. The van der Waals surface area contributed by atoms with Gasteiger partial charge in [0, 0.05) is 32.2 Å². The van der Waals surface area contributed by atoms with Gasteiger partial charge in [-0.25, -0.2) is 0 Å². The molecular formula is C22H28N4O2S2. The Kier molecular flexibility index (Phi) is 6.73. The minimum Gasteiger partial charge on any atom is -0.357 e. The molecule has 0 radical (unpaired) electrons. The molecule has 30 heavy (non-hydrogen) atoms. The highest BCUT2D eigenvalue weighted by atomic mass is 32.2. The standard InChI is InChI=1S/C22H28N4O2S2/c1-6-7-26-21(28)18(30-22(26)29)9-16-15(4)17(10-23)20(27)24(5)19(16)25-11-13(2)8-14(3)12-25/h9,13-14H,6-8,11-12H2,1-5H3. The number of carbonyl (C=O) groups is 1. The summed E-state index contributed by atoms with van der Waals surface area (Å²) in [6.07, 6.45) is 3.79. The fraction of sp³-hybridized carbons (Fsp3) is 0.545. The number of rotatable bonds is 4. The average Bonchev–Trinajstić information content (AvgIpc) is 2.93. The Morgan fingerprint density at radius 2 is 1.90 bits per heavy atom. The van der Waals surface area contributed by atoms with Crippen LogP contribution >= 0.6 is 24.0 Å². The van der Waals surface area contributed by atoms with E-state index in [0.29, 0.717) is 33.2 Å². The third kappa shape index (κ3) is 4.06. The number of thiocarbonyl (C=S) groups is 1. The lowest BCUT2D eigenvalue weighted by Crippen LogP contribution is -2.42. The summed E-state index contributed by atoms with van der Waals surface area (Å²) in [5.41, 5.74) is 1.19. The summed E-state index contributed by atoms with van der Waals surface area (Å²) in [7, 11) is 1.71. The number of piperidine rings is 1. The smallest absolute Gasteiger partial charge is 0.270 e. The molecule has 1 aromatic heterocycles. The summed E-state index contributed by atoms with van der Waals surface area (Å²) in [4.78, 5) is 30.2. The van der Waals surface area contributed by atoms with E-state index in [4.69, 9.17) is 12.2 Å². The van der Waals surface area contributed by atoms with Gasteiger partial charge in [0.15, 0.2) is 0 Å². The van der Waals surface area contributed by atoms with E-state index in [0.717, 1.165) is 37.3 Å². The SMILES string of the molecule is CCCN1C(=O)C(=Cc2c(C)c(C#N)c(=O)n(C)c2N2CC(C)CC(C)C2)SC1=S. The van der Waals surface area contributed by atoms with Gasteiger partial charge in [0.2, 0.25) is 0 Å². The van der Waals surface area contributed by atoms with Crippen LogP contribution in [0.15, 0.2) is 9.70 Å². The van der Waals surface area contributed by atoms with Crippen molar-refractivity contribution >= 4 is 46.1 Å². The van der Waals surface area contributed by atoms with Gasteiger partial charge >= 0.3 is 0 Å². The van der Waals surface area contributed by atoms with Crippen LogP contribution in [0.1, 0.15) is 50.3 Å². The average molecular weight is 445 g/mol. The van der Waals surface area contributed by atoms with Crippen LogP contribution in [-0.2, 0) is 11.8 Å². The highest BCUT2D eigenvalue weighted by Gasteiger charge is 2.33. The molecule has 2 fully saturated rings. The lowest BCUT2D eigenvalue weighted by Gasteiger charge is -2.38. The molecule has 3 heterocycles. The summed E-state index contributed by atoms with van der Waals surface area (Å²) in [6, 6.07) is 2.06. The fourth-order valence-electron chi connectivity index (χ4n) is 4.48. The first kappa shape index (κ1) is 22.6. The first-order chi connectivity index (χ1) is 14.2. The Balaban J connectivity index is 2.20. The Morgan fingerprint density at radius 1 is 1.27 bits per heavy atom. The van der Waals surface area contributed by atoms with Crippen LogP contribution in [0, 0.1) is 30.1 Å². The molecule has 2 atom stereocenters. The van der Waals surface area contributed by atoms with Crippen LogP contribution in [0.5, 0.6) is 0 Å². The number of hydrogen-bond donors (Lipinski definition) is 0. The molecule has 0 bridgehead atoms. The second kappa shape index (κ2) is 8.94. The van der Waals surface area contributed by atoms with Gasteiger partial charge in [0.1, 0.15) is 21.8 Å². The molecule has 6 nitrogen and oxygen atoms in total. The molecule has 2 saturated heterocycles. The van der Waals surface area contributed by atoms with E-state index in [1.54, 1.807) is 23.4 Å². The summed E-state index contributed by atoms with van der Waals surface area (Å²) in [5.74, 6) is 1.66. The Labute approximate surface area is 187 Å². The van der Waals surface area contributed by atoms with Crippen molar-refractivity contribution in [3.63, 3.8) is 0 Å². The van der Waals surface area contributed by atoms with E-state index in [1.165, 1.54) is 11.8 Å². The van der Waals surface area contributed by atoms with Gasteiger partial charge in [0.05, 0.1) is 4.91 Å². The van der Waals surface area contributed by atoms with Gasteiger partial charge < -0.3 is 4.90 Å². The van der Waals surface area contributed by atoms with Gasteiger partial charge in [-0.15, -0.1) is 0 Å². The third-order valence-corrected chi connectivity index (χ3v) is 7.11. The number of anilines is 1. The zero-order valence-electron chi connectivity index (χ0n) is 18.2. The Hall–Kier alpha value is -2.11. The van der Waals surface area contributed by atoms with Crippen molar-refractivity contribution in [3.8, 4) is 6.07 Å². The predicted octanol–water partition coefficient (Wildman–Crippen LogP) is 3.66. The Bertz CT molecular complexity index is 1010. The monoisotopic (exact) mass is 444 g/mol. The second-order valence-corrected chi connectivity index (χ2v) is 10.1. The lowest BCUT2D eigenvalue weighted by molar-refractivity contribution is -0.122. The van der Waals surface area contributed by atoms with E-state index < -0.39 is 0 Å². The maximum Gasteiger partial charge on any atom is 0.270 e. The van der Waals surface area contributed by atoms with Crippen molar-refractivity contribution in [3.05, 3.63) is 31.9 Å². The number of carbonyl (C=O) groups excluding carboxylic acids is 1. The van der Waals surface area contributed by atoms with Crippen LogP contribution in [0.4, 0.5) is 5.82 Å². The van der Waals surface area contributed by atoms with Crippen molar-refractivity contribution in [1.82, 2.24) is 9.47 Å². The third-order valence-electron chi connectivity index (χ3n) is 5.73. The zero-order chi connectivity index (χ0) is 22.2. The van der Waals surface area contributed by atoms with Gasteiger partial charge in [0.25, 0.3) is 11.5 Å². The van der Waals surface area contributed by atoms with Crippen molar-refractivity contribution in [2.75, 3.05) is 24.5 Å². The van der Waals surface area contributed by atoms with Crippen molar-refractivity contribution in [2.45, 2.75) is 40.5 Å². The quantitative estimate of drug-likeness (QED) is 0.521. The van der Waals surface area contributed by atoms with E-state index in [1.807, 2.05) is 13.0 Å². The largest absolute Gasteiger partial charge is 0.357 e. The first-order valence-electron chi connectivity index (χ1n) is 10.3. The topological polar surface area (TPSA) is 69.3 Å². The molecule has 0 aliphatic carbocycles. The van der Waals surface area contributed by atoms with Crippen LogP contribution in [0.2, 0.25) is 0 Å². The number of pyridine rings is 1. The molecule has 0 N–H and O–H groups in total. The number of hydrogen-bond acceptors (Lipinski definition) is 6.